The highest BCUT2D eigenvalue weighted by Gasteiger charge is 2.11. The predicted octanol–water partition coefficient (Wildman–Crippen LogP) is 4.80. The lowest BCUT2D eigenvalue weighted by Gasteiger charge is -2.19. The molecule has 0 aliphatic carbocycles. The zero-order valence-corrected chi connectivity index (χ0v) is 16.6. The maximum atomic E-state index is 6.00. The lowest BCUT2D eigenvalue weighted by molar-refractivity contribution is 0.214. The van der Waals surface area contributed by atoms with Gasteiger partial charge in [0.15, 0.2) is 5.82 Å². The highest BCUT2D eigenvalue weighted by molar-refractivity contribution is 5.94. The van der Waals surface area contributed by atoms with Crippen molar-refractivity contribution in [2.45, 2.75) is 25.7 Å². The van der Waals surface area contributed by atoms with Crippen molar-refractivity contribution in [3.63, 3.8) is 0 Å². The third-order valence-corrected chi connectivity index (χ3v) is 5.74. The molecule has 148 valence electrons. The average molecular weight is 386 g/mol. The molecule has 0 atom stereocenters. The number of fused-ring (bicyclic) bond motifs is 3. The first kappa shape index (κ1) is 18.1. The van der Waals surface area contributed by atoms with Gasteiger partial charge in [-0.05, 0) is 62.3 Å². The zero-order chi connectivity index (χ0) is 19.5. The summed E-state index contributed by atoms with van der Waals surface area (Å²) in [6, 6.07) is 18.4. The van der Waals surface area contributed by atoms with Crippen LogP contribution in [0.5, 0.6) is 5.75 Å². The minimum Gasteiger partial charge on any atom is -0.492 e. The van der Waals surface area contributed by atoms with Gasteiger partial charge in [-0.3, -0.25) is 4.90 Å². The van der Waals surface area contributed by atoms with Gasteiger partial charge in [0.1, 0.15) is 12.4 Å². The molecule has 0 amide bonds. The van der Waals surface area contributed by atoms with Crippen LogP contribution in [0.4, 0.5) is 0 Å². The number of hydrogen-bond donors (Lipinski definition) is 0. The van der Waals surface area contributed by atoms with Crippen LogP contribution in [0.15, 0.2) is 60.8 Å². The highest BCUT2D eigenvalue weighted by Crippen LogP contribution is 2.26. The number of rotatable bonds is 5. The first-order chi connectivity index (χ1) is 14.4. The van der Waals surface area contributed by atoms with Crippen LogP contribution >= 0.6 is 0 Å². The minimum atomic E-state index is 0.733. The number of nitrogens with zero attached hydrogens (tertiary/aromatic N) is 4. The molecular weight excluding hydrogens is 360 g/mol. The number of para-hydroxylation sites is 1. The zero-order valence-electron chi connectivity index (χ0n) is 16.6. The Labute approximate surface area is 170 Å². The van der Waals surface area contributed by atoms with Crippen LogP contribution < -0.4 is 4.74 Å². The van der Waals surface area contributed by atoms with E-state index in [0.29, 0.717) is 0 Å². The summed E-state index contributed by atoms with van der Waals surface area (Å²) in [5.74, 6) is 1.75. The van der Waals surface area contributed by atoms with E-state index in [1.54, 1.807) is 0 Å². The number of benzene rings is 2. The van der Waals surface area contributed by atoms with Crippen LogP contribution in [0.1, 0.15) is 25.7 Å². The lowest BCUT2D eigenvalue weighted by atomic mass is 10.1. The molecule has 29 heavy (non-hydrogen) atoms. The number of ether oxygens (including phenoxy) is 1. The van der Waals surface area contributed by atoms with E-state index in [1.807, 2.05) is 47.1 Å². The second-order valence-corrected chi connectivity index (χ2v) is 7.71. The van der Waals surface area contributed by atoms with E-state index in [2.05, 4.69) is 28.2 Å². The molecule has 2 aromatic heterocycles. The minimum absolute atomic E-state index is 0.733. The van der Waals surface area contributed by atoms with Gasteiger partial charge in [-0.2, -0.15) is 5.10 Å². The molecule has 0 N–H and O–H groups in total. The van der Waals surface area contributed by atoms with Crippen LogP contribution in [-0.2, 0) is 0 Å². The molecule has 0 spiro atoms. The van der Waals surface area contributed by atoms with E-state index in [-0.39, 0.29) is 0 Å². The van der Waals surface area contributed by atoms with Crippen LogP contribution in [0.25, 0.3) is 27.8 Å². The number of likely N-dealkylation sites (tertiary alicyclic amines) is 1. The Bertz CT molecular complexity index is 1090. The third kappa shape index (κ3) is 3.83. The molecule has 5 nitrogen and oxygen atoms in total. The summed E-state index contributed by atoms with van der Waals surface area (Å²) >= 11 is 0. The SMILES string of the molecule is c1ccc2c(c1)nc(-c1ccc(OCCN3CCCCCC3)cc1)n1nccc21. The second-order valence-electron chi connectivity index (χ2n) is 7.71. The molecule has 0 bridgehead atoms. The molecule has 3 heterocycles. The fourth-order valence-corrected chi connectivity index (χ4v) is 4.16. The summed E-state index contributed by atoms with van der Waals surface area (Å²) in [6.07, 6.45) is 7.19. The molecule has 0 saturated carbocycles. The van der Waals surface area contributed by atoms with Crippen LogP contribution in [-0.4, -0.2) is 45.7 Å². The monoisotopic (exact) mass is 386 g/mol. The Hall–Kier alpha value is -2.92. The summed E-state index contributed by atoms with van der Waals surface area (Å²) in [5, 5.41) is 5.61. The Morgan fingerprint density at radius 2 is 1.66 bits per heavy atom. The highest BCUT2D eigenvalue weighted by atomic mass is 16.5. The molecule has 2 aromatic carbocycles. The fourth-order valence-electron chi connectivity index (χ4n) is 4.16. The van der Waals surface area contributed by atoms with E-state index in [1.165, 1.54) is 38.8 Å². The van der Waals surface area contributed by atoms with Gasteiger partial charge < -0.3 is 4.74 Å². The lowest BCUT2D eigenvalue weighted by Crippen LogP contribution is -2.29. The van der Waals surface area contributed by atoms with E-state index >= 15 is 0 Å². The van der Waals surface area contributed by atoms with Crippen molar-refractivity contribution in [1.82, 2.24) is 19.5 Å². The van der Waals surface area contributed by atoms with Gasteiger partial charge in [-0.15, -0.1) is 0 Å². The maximum absolute atomic E-state index is 6.00. The van der Waals surface area contributed by atoms with Crippen molar-refractivity contribution < 1.29 is 4.74 Å². The van der Waals surface area contributed by atoms with E-state index in [0.717, 1.165) is 46.7 Å². The Morgan fingerprint density at radius 1 is 0.862 bits per heavy atom. The van der Waals surface area contributed by atoms with Gasteiger partial charge in [-0.1, -0.05) is 31.0 Å². The molecule has 0 unspecified atom stereocenters. The molecule has 1 aliphatic heterocycles. The fraction of sp³-hybridized carbons (Fsp3) is 0.333. The van der Waals surface area contributed by atoms with Gasteiger partial charge in [0, 0.05) is 17.5 Å². The van der Waals surface area contributed by atoms with E-state index in [9.17, 15) is 0 Å². The summed E-state index contributed by atoms with van der Waals surface area (Å²) < 4.78 is 7.91. The predicted molar refractivity (Wildman–Crippen MR) is 116 cm³/mol. The number of aromatic nitrogens is 3. The standard InChI is InChI=1S/C24H26N4O/c1-2-6-16-27(15-5-1)17-18-29-20-11-9-19(10-12-20)24-26-22-8-4-3-7-21(22)23-13-14-25-28(23)24/h3-4,7-14H,1-2,5-6,15-18H2. The average Bonchev–Trinajstić information content (AvgIpc) is 3.12. The molecular formula is C24H26N4O. The van der Waals surface area contributed by atoms with Crippen LogP contribution in [0, 0.1) is 0 Å². The smallest absolute Gasteiger partial charge is 0.161 e. The Balaban J connectivity index is 1.33. The topological polar surface area (TPSA) is 42.7 Å². The van der Waals surface area contributed by atoms with Gasteiger partial charge in [0.25, 0.3) is 0 Å². The molecule has 5 rings (SSSR count). The van der Waals surface area contributed by atoms with Gasteiger partial charge >= 0.3 is 0 Å². The van der Waals surface area contributed by atoms with Gasteiger partial charge in [-0.25, -0.2) is 9.50 Å². The van der Waals surface area contributed by atoms with Crippen molar-refractivity contribution in [2.75, 3.05) is 26.2 Å². The maximum Gasteiger partial charge on any atom is 0.161 e. The summed E-state index contributed by atoms with van der Waals surface area (Å²) in [4.78, 5) is 7.38. The second kappa shape index (κ2) is 8.21. The first-order valence-electron chi connectivity index (χ1n) is 10.6. The molecule has 5 heteroatoms. The summed E-state index contributed by atoms with van der Waals surface area (Å²) in [7, 11) is 0. The van der Waals surface area contributed by atoms with Gasteiger partial charge in [0.2, 0.25) is 0 Å². The van der Waals surface area contributed by atoms with Crippen molar-refractivity contribution >= 4 is 16.4 Å². The summed E-state index contributed by atoms with van der Waals surface area (Å²) in [6.45, 7) is 4.14. The van der Waals surface area contributed by atoms with Crippen molar-refractivity contribution in [3.05, 3.63) is 60.8 Å². The largest absolute Gasteiger partial charge is 0.492 e. The van der Waals surface area contributed by atoms with Crippen molar-refractivity contribution in [2.24, 2.45) is 0 Å². The van der Waals surface area contributed by atoms with E-state index in [4.69, 9.17) is 9.72 Å². The normalized spacial score (nSPS) is 15.6. The van der Waals surface area contributed by atoms with Crippen LogP contribution in [0.3, 0.4) is 0 Å². The molecule has 1 saturated heterocycles. The van der Waals surface area contributed by atoms with Crippen molar-refractivity contribution in [1.29, 1.82) is 0 Å². The Morgan fingerprint density at radius 3 is 2.48 bits per heavy atom. The quantitative estimate of drug-likeness (QED) is 0.494. The first-order valence-corrected chi connectivity index (χ1v) is 10.6. The van der Waals surface area contributed by atoms with E-state index < -0.39 is 0 Å². The third-order valence-electron chi connectivity index (χ3n) is 5.74. The summed E-state index contributed by atoms with van der Waals surface area (Å²) in [5.41, 5.74) is 3.08. The molecule has 4 aromatic rings. The van der Waals surface area contributed by atoms with Crippen LogP contribution in [0.2, 0.25) is 0 Å². The van der Waals surface area contributed by atoms with Gasteiger partial charge in [0.05, 0.1) is 17.2 Å². The number of hydrogen-bond acceptors (Lipinski definition) is 4. The molecule has 1 aliphatic rings. The molecule has 0 radical (unpaired) electrons. The van der Waals surface area contributed by atoms with Crippen molar-refractivity contribution in [3.8, 4) is 17.1 Å². The molecule has 1 fully saturated rings. The Kier molecular flexibility index (Phi) is 5.13.